The smallest absolute Gasteiger partial charge is 0.220 e. The van der Waals surface area contributed by atoms with Crippen LogP contribution in [0.4, 0.5) is 0 Å². The quantitative estimate of drug-likeness (QED) is 0.397. The van der Waals surface area contributed by atoms with Crippen LogP contribution in [0.2, 0.25) is 5.02 Å². The molecule has 9 heteroatoms. The molecule has 0 aliphatic rings. The van der Waals surface area contributed by atoms with Gasteiger partial charge in [0.15, 0.2) is 5.65 Å². The molecule has 3 heterocycles. The average Bonchev–Trinajstić information content (AvgIpc) is 3.46. The van der Waals surface area contributed by atoms with Gasteiger partial charge in [-0.05, 0) is 35.9 Å². The fourth-order valence-electron chi connectivity index (χ4n) is 3.69. The summed E-state index contributed by atoms with van der Waals surface area (Å²) < 4.78 is 8.90. The Bertz CT molecular complexity index is 1440. The summed E-state index contributed by atoms with van der Waals surface area (Å²) in [7, 11) is 1.62. The number of hydrogen-bond acceptors (Lipinski definition) is 5. The number of carbonyl (C=O) groups excluding carboxylic acids is 1. The SMILES string of the molecule is COc1cccc(CNC(=O)CCc2nnc3c4cc(-c5ccc(Cl)cc5)nn4ccn23)c1. The van der Waals surface area contributed by atoms with Crippen molar-refractivity contribution >= 4 is 28.7 Å². The average molecular weight is 461 g/mol. The molecule has 0 fully saturated rings. The molecular formula is C24H21ClN6O2. The number of hydrogen-bond donors (Lipinski definition) is 1. The number of fused-ring (bicyclic) bond motifs is 3. The molecule has 0 aliphatic carbocycles. The molecule has 0 saturated heterocycles. The number of aryl methyl sites for hydroxylation is 1. The van der Waals surface area contributed by atoms with E-state index in [9.17, 15) is 4.79 Å². The maximum atomic E-state index is 12.4. The fraction of sp³-hybridized carbons (Fsp3) is 0.167. The molecule has 0 aliphatic heterocycles. The van der Waals surface area contributed by atoms with E-state index in [0.717, 1.165) is 33.9 Å². The van der Waals surface area contributed by atoms with Crippen molar-refractivity contribution in [1.82, 2.24) is 29.5 Å². The number of methoxy groups -OCH3 is 1. The Labute approximate surface area is 194 Å². The van der Waals surface area contributed by atoms with Crippen molar-refractivity contribution < 1.29 is 9.53 Å². The van der Waals surface area contributed by atoms with E-state index in [-0.39, 0.29) is 5.91 Å². The van der Waals surface area contributed by atoms with Crippen molar-refractivity contribution in [3.63, 3.8) is 0 Å². The predicted molar refractivity (Wildman–Crippen MR) is 125 cm³/mol. The predicted octanol–water partition coefficient (Wildman–Crippen LogP) is 3.96. The highest BCUT2D eigenvalue weighted by atomic mass is 35.5. The van der Waals surface area contributed by atoms with E-state index in [1.165, 1.54) is 0 Å². The minimum atomic E-state index is -0.0509. The van der Waals surface area contributed by atoms with Crippen LogP contribution in [0.5, 0.6) is 5.75 Å². The zero-order chi connectivity index (χ0) is 22.8. The number of ether oxygens (including phenoxy) is 1. The van der Waals surface area contributed by atoms with Crippen molar-refractivity contribution in [1.29, 1.82) is 0 Å². The molecule has 166 valence electrons. The highest BCUT2D eigenvalue weighted by molar-refractivity contribution is 6.30. The second kappa shape index (κ2) is 8.91. The summed E-state index contributed by atoms with van der Waals surface area (Å²) in [5.74, 6) is 1.44. The van der Waals surface area contributed by atoms with Crippen molar-refractivity contribution in [2.75, 3.05) is 7.11 Å². The van der Waals surface area contributed by atoms with E-state index >= 15 is 0 Å². The first-order chi connectivity index (χ1) is 16.1. The molecule has 0 saturated carbocycles. The van der Waals surface area contributed by atoms with Gasteiger partial charge in [-0.1, -0.05) is 35.9 Å². The summed E-state index contributed by atoms with van der Waals surface area (Å²) in [5.41, 5.74) is 4.30. The molecule has 0 atom stereocenters. The van der Waals surface area contributed by atoms with E-state index in [1.54, 1.807) is 11.6 Å². The van der Waals surface area contributed by atoms with Gasteiger partial charge in [0.2, 0.25) is 5.91 Å². The number of rotatable bonds is 7. The summed E-state index contributed by atoms with van der Waals surface area (Å²) in [6.45, 7) is 0.445. The lowest BCUT2D eigenvalue weighted by atomic mass is 10.1. The lowest BCUT2D eigenvalue weighted by Crippen LogP contribution is -2.23. The topological polar surface area (TPSA) is 85.8 Å². The number of carbonyl (C=O) groups is 1. The number of benzene rings is 2. The Hall–Kier alpha value is -3.91. The first-order valence-electron chi connectivity index (χ1n) is 10.5. The Morgan fingerprint density at radius 2 is 1.94 bits per heavy atom. The number of aromatic nitrogens is 5. The Morgan fingerprint density at radius 1 is 1.09 bits per heavy atom. The Balaban J connectivity index is 1.29. The molecule has 3 aromatic heterocycles. The van der Waals surface area contributed by atoms with Crippen LogP contribution in [-0.4, -0.2) is 37.2 Å². The second-order valence-corrected chi connectivity index (χ2v) is 8.04. The largest absolute Gasteiger partial charge is 0.497 e. The summed E-state index contributed by atoms with van der Waals surface area (Å²) >= 11 is 5.99. The number of nitrogens with zero attached hydrogens (tertiary/aromatic N) is 5. The van der Waals surface area contributed by atoms with E-state index in [0.29, 0.717) is 30.1 Å². The first kappa shape index (κ1) is 21.0. The van der Waals surface area contributed by atoms with Crippen LogP contribution in [0.3, 0.4) is 0 Å². The maximum Gasteiger partial charge on any atom is 0.220 e. The third kappa shape index (κ3) is 4.38. The summed E-state index contributed by atoms with van der Waals surface area (Å²) in [4.78, 5) is 12.4. The maximum absolute atomic E-state index is 12.4. The van der Waals surface area contributed by atoms with E-state index in [1.807, 2.05) is 71.4 Å². The van der Waals surface area contributed by atoms with Crippen LogP contribution in [-0.2, 0) is 17.8 Å². The van der Waals surface area contributed by atoms with Crippen LogP contribution in [0.15, 0.2) is 67.0 Å². The molecule has 1 amide bonds. The zero-order valence-electron chi connectivity index (χ0n) is 17.9. The molecule has 0 spiro atoms. The highest BCUT2D eigenvalue weighted by Gasteiger charge is 2.13. The summed E-state index contributed by atoms with van der Waals surface area (Å²) in [6.07, 6.45) is 4.51. The van der Waals surface area contributed by atoms with Gasteiger partial charge in [0.05, 0.1) is 12.8 Å². The van der Waals surface area contributed by atoms with E-state index < -0.39 is 0 Å². The van der Waals surface area contributed by atoms with Crippen LogP contribution in [0, 0.1) is 0 Å². The molecule has 0 unspecified atom stereocenters. The number of nitrogens with one attached hydrogen (secondary N) is 1. The van der Waals surface area contributed by atoms with Gasteiger partial charge >= 0.3 is 0 Å². The van der Waals surface area contributed by atoms with Gasteiger partial charge in [-0.15, -0.1) is 10.2 Å². The van der Waals surface area contributed by atoms with Crippen LogP contribution in [0.1, 0.15) is 17.8 Å². The lowest BCUT2D eigenvalue weighted by Gasteiger charge is -2.07. The van der Waals surface area contributed by atoms with Crippen LogP contribution in [0.25, 0.3) is 22.4 Å². The van der Waals surface area contributed by atoms with Crippen LogP contribution >= 0.6 is 11.6 Å². The fourth-order valence-corrected chi connectivity index (χ4v) is 3.81. The van der Waals surface area contributed by atoms with Gasteiger partial charge in [0.1, 0.15) is 17.1 Å². The zero-order valence-corrected chi connectivity index (χ0v) is 18.7. The first-order valence-corrected chi connectivity index (χ1v) is 10.9. The molecule has 5 rings (SSSR count). The van der Waals surface area contributed by atoms with Gasteiger partial charge in [-0.3, -0.25) is 9.20 Å². The highest BCUT2D eigenvalue weighted by Crippen LogP contribution is 2.23. The molecule has 0 radical (unpaired) electrons. The van der Waals surface area contributed by atoms with Crippen molar-refractivity contribution in [2.24, 2.45) is 0 Å². The third-order valence-corrected chi connectivity index (χ3v) is 5.68. The van der Waals surface area contributed by atoms with Gasteiger partial charge in [-0.2, -0.15) is 5.10 Å². The molecule has 33 heavy (non-hydrogen) atoms. The minimum absolute atomic E-state index is 0.0509. The standard InChI is InChI=1S/C24H21ClN6O2/c1-33-19-4-2-3-16(13-19)15-26-23(32)10-9-22-27-28-24-21-14-20(17-5-7-18(25)8-6-17)29-31(21)12-11-30(22)24/h2-8,11-14H,9-10,15H2,1H3,(H,26,32). The van der Waals surface area contributed by atoms with Crippen molar-refractivity contribution in [3.8, 4) is 17.0 Å². The molecule has 1 N–H and O–H groups in total. The van der Waals surface area contributed by atoms with E-state index in [4.69, 9.17) is 16.3 Å². The van der Waals surface area contributed by atoms with Gasteiger partial charge in [0.25, 0.3) is 0 Å². The molecule has 8 nitrogen and oxygen atoms in total. The van der Waals surface area contributed by atoms with Gasteiger partial charge < -0.3 is 10.1 Å². The monoisotopic (exact) mass is 460 g/mol. The van der Waals surface area contributed by atoms with Crippen molar-refractivity contribution in [3.05, 3.63) is 83.4 Å². The van der Waals surface area contributed by atoms with Gasteiger partial charge in [0, 0.05) is 42.4 Å². The Morgan fingerprint density at radius 3 is 2.76 bits per heavy atom. The number of halogens is 1. The summed E-state index contributed by atoms with van der Waals surface area (Å²) in [6, 6.07) is 17.1. The lowest BCUT2D eigenvalue weighted by molar-refractivity contribution is -0.121. The van der Waals surface area contributed by atoms with E-state index in [2.05, 4.69) is 20.6 Å². The number of amides is 1. The molecule has 2 aromatic carbocycles. The molecule has 0 bridgehead atoms. The molecular weight excluding hydrogens is 440 g/mol. The summed E-state index contributed by atoms with van der Waals surface area (Å²) in [5, 5.41) is 16.9. The minimum Gasteiger partial charge on any atom is -0.497 e. The third-order valence-electron chi connectivity index (χ3n) is 5.43. The normalized spacial score (nSPS) is 11.2. The van der Waals surface area contributed by atoms with Crippen LogP contribution < -0.4 is 10.1 Å². The van der Waals surface area contributed by atoms with Gasteiger partial charge in [-0.25, -0.2) is 4.52 Å². The molecule has 5 aromatic rings. The second-order valence-electron chi connectivity index (χ2n) is 7.60. The Kier molecular flexibility index (Phi) is 5.66. The van der Waals surface area contributed by atoms with Crippen molar-refractivity contribution in [2.45, 2.75) is 19.4 Å².